The van der Waals surface area contributed by atoms with Crippen LogP contribution in [-0.2, 0) is 11.2 Å². The first-order valence-electron chi connectivity index (χ1n) is 11.5. The van der Waals surface area contributed by atoms with Gasteiger partial charge in [0.2, 0.25) is 5.91 Å². The summed E-state index contributed by atoms with van der Waals surface area (Å²) in [4.78, 5) is 11.9. The van der Waals surface area contributed by atoms with Crippen molar-refractivity contribution >= 4 is 11.6 Å². The summed E-state index contributed by atoms with van der Waals surface area (Å²) in [6, 6.07) is 17.1. The van der Waals surface area contributed by atoms with Crippen LogP contribution >= 0.6 is 0 Å². The largest absolute Gasteiger partial charge is 0.508 e. The molecule has 32 heavy (non-hydrogen) atoms. The van der Waals surface area contributed by atoms with Crippen molar-refractivity contribution in [1.29, 1.82) is 0 Å². The minimum atomic E-state index is 0.00168. The quantitative estimate of drug-likeness (QED) is 0.185. The Balaban J connectivity index is 1.43. The zero-order chi connectivity index (χ0) is 22.7. The van der Waals surface area contributed by atoms with E-state index in [2.05, 4.69) is 84.3 Å². The summed E-state index contributed by atoms with van der Waals surface area (Å²) in [6.07, 6.45) is 24.8. The summed E-state index contributed by atoms with van der Waals surface area (Å²) in [5, 5.41) is 12.1. The van der Waals surface area contributed by atoms with Crippen LogP contribution < -0.4 is 5.32 Å². The normalized spacial score (nSPS) is 11.9. The molecule has 0 saturated heterocycles. The molecule has 1 amide bonds. The highest BCUT2D eigenvalue weighted by atomic mass is 16.3. The Morgan fingerprint density at radius 3 is 1.91 bits per heavy atom. The Morgan fingerprint density at radius 2 is 1.28 bits per heavy atom. The van der Waals surface area contributed by atoms with Gasteiger partial charge in [0.05, 0.1) is 0 Å². The predicted octanol–water partition coefficient (Wildman–Crippen LogP) is 7.53. The lowest BCUT2D eigenvalue weighted by atomic mass is 10.1. The number of amides is 1. The van der Waals surface area contributed by atoms with Crippen LogP contribution in [0, 0.1) is 0 Å². The van der Waals surface area contributed by atoms with Crippen molar-refractivity contribution in [3.63, 3.8) is 0 Å². The monoisotopic (exact) mass is 429 g/mol. The molecule has 2 N–H and O–H groups in total. The molecule has 0 spiro atoms. The van der Waals surface area contributed by atoms with Crippen LogP contribution in [0.4, 0.5) is 5.69 Å². The lowest BCUT2D eigenvalue weighted by Crippen LogP contribution is -2.10. The van der Waals surface area contributed by atoms with E-state index in [-0.39, 0.29) is 11.7 Å². The molecule has 0 atom stereocenters. The first kappa shape index (κ1) is 24.9. The van der Waals surface area contributed by atoms with Crippen molar-refractivity contribution in [3.05, 3.63) is 109 Å². The van der Waals surface area contributed by atoms with Crippen molar-refractivity contribution in [3.8, 4) is 5.75 Å². The van der Waals surface area contributed by atoms with E-state index in [9.17, 15) is 9.90 Å². The molecule has 0 radical (unpaired) electrons. The number of nitrogens with one attached hydrogen (secondary N) is 1. The Kier molecular flexibility index (Phi) is 12.8. The molecule has 2 rings (SSSR count). The predicted molar refractivity (Wildman–Crippen MR) is 136 cm³/mol. The molecule has 168 valence electrons. The van der Waals surface area contributed by atoms with Gasteiger partial charge in [-0.1, -0.05) is 78.9 Å². The van der Waals surface area contributed by atoms with E-state index in [0.717, 1.165) is 44.9 Å². The van der Waals surface area contributed by atoms with Gasteiger partial charge in [0.25, 0.3) is 0 Å². The average molecular weight is 430 g/mol. The van der Waals surface area contributed by atoms with E-state index >= 15 is 0 Å². The van der Waals surface area contributed by atoms with Gasteiger partial charge in [-0.2, -0.15) is 0 Å². The summed E-state index contributed by atoms with van der Waals surface area (Å²) in [5.41, 5.74) is 2.10. The molecule has 0 bridgehead atoms. The first-order valence-corrected chi connectivity index (χ1v) is 11.5. The summed E-state index contributed by atoms with van der Waals surface area (Å²) < 4.78 is 0. The highest BCUT2D eigenvalue weighted by Gasteiger charge is 2.01. The van der Waals surface area contributed by atoms with Crippen molar-refractivity contribution in [2.45, 2.75) is 51.4 Å². The van der Waals surface area contributed by atoms with Crippen molar-refractivity contribution in [2.75, 3.05) is 5.32 Å². The number of phenols is 1. The molecule has 3 nitrogen and oxygen atoms in total. The van der Waals surface area contributed by atoms with Crippen molar-refractivity contribution in [2.24, 2.45) is 0 Å². The molecule has 3 heteroatoms. The van der Waals surface area contributed by atoms with Crippen LogP contribution in [0.3, 0.4) is 0 Å². The Hall–Kier alpha value is -3.33. The van der Waals surface area contributed by atoms with E-state index in [0.29, 0.717) is 12.1 Å². The number of benzene rings is 2. The zero-order valence-electron chi connectivity index (χ0n) is 18.8. The standard InChI is InChI=1S/C29H35NO2/c31-28-24-22-27(23-25-28)30-29(32)21-17-12-10-8-6-4-2-1-3-5-7-9-11-14-18-26-19-15-13-16-20-26/h2-5,8-11,13,15-16,19-20,22-25,31H,1,6-7,12,14,17-18,21H2,(H,30,32)/b4-2-,5-3-,10-8-,11-9-. The number of hydrogen-bond donors (Lipinski definition) is 2. The van der Waals surface area contributed by atoms with E-state index in [4.69, 9.17) is 0 Å². The van der Waals surface area contributed by atoms with E-state index < -0.39 is 0 Å². The number of allylic oxidation sites excluding steroid dienone is 8. The fraction of sp³-hybridized carbons (Fsp3) is 0.276. The number of phenolic OH excluding ortho intramolecular Hbond substituents is 1. The van der Waals surface area contributed by atoms with Crippen LogP contribution in [0.1, 0.15) is 50.5 Å². The molecule has 0 aromatic heterocycles. The van der Waals surface area contributed by atoms with Gasteiger partial charge in [0.15, 0.2) is 0 Å². The molecular weight excluding hydrogens is 394 g/mol. The van der Waals surface area contributed by atoms with Crippen LogP contribution in [0.5, 0.6) is 5.75 Å². The highest BCUT2D eigenvalue weighted by Crippen LogP contribution is 2.14. The highest BCUT2D eigenvalue weighted by molar-refractivity contribution is 5.90. The first-order chi connectivity index (χ1) is 15.7. The number of carbonyl (C=O) groups is 1. The van der Waals surface area contributed by atoms with Crippen LogP contribution in [0.2, 0.25) is 0 Å². The molecule has 0 aliphatic heterocycles. The summed E-state index contributed by atoms with van der Waals surface area (Å²) >= 11 is 0. The van der Waals surface area contributed by atoms with Crippen LogP contribution in [0.25, 0.3) is 0 Å². The minimum Gasteiger partial charge on any atom is -0.508 e. The van der Waals surface area contributed by atoms with Gasteiger partial charge in [-0.3, -0.25) is 4.79 Å². The molecule has 0 aliphatic rings. The number of anilines is 1. The third-order valence-corrected chi connectivity index (χ3v) is 4.85. The number of hydrogen-bond acceptors (Lipinski definition) is 2. The molecule has 0 heterocycles. The number of carbonyl (C=O) groups excluding carboxylic acids is 1. The van der Waals surface area contributed by atoms with Gasteiger partial charge in [0.1, 0.15) is 5.75 Å². The van der Waals surface area contributed by atoms with Crippen molar-refractivity contribution in [1.82, 2.24) is 0 Å². The second-order valence-corrected chi connectivity index (χ2v) is 7.60. The second-order valence-electron chi connectivity index (χ2n) is 7.60. The third kappa shape index (κ3) is 12.4. The van der Waals surface area contributed by atoms with Gasteiger partial charge in [-0.15, -0.1) is 0 Å². The Morgan fingerprint density at radius 1 is 0.719 bits per heavy atom. The molecule has 0 unspecified atom stereocenters. The van der Waals surface area contributed by atoms with Gasteiger partial charge in [-0.25, -0.2) is 0 Å². The zero-order valence-corrected chi connectivity index (χ0v) is 18.8. The van der Waals surface area contributed by atoms with Gasteiger partial charge >= 0.3 is 0 Å². The summed E-state index contributed by atoms with van der Waals surface area (Å²) in [6.45, 7) is 0. The molecule has 2 aromatic carbocycles. The van der Waals surface area contributed by atoms with E-state index in [1.54, 1.807) is 24.3 Å². The smallest absolute Gasteiger partial charge is 0.224 e. The Labute approximate surface area is 192 Å². The summed E-state index contributed by atoms with van der Waals surface area (Å²) in [5.74, 6) is 0.197. The maximum atomic E-state index is 11.9. The molecule has 0 aliphatic carbocycles. The van der Waals surface area contributed by atoms with Crippen molar-refractivity contribution < 1.29 is 9.90 Å². The SMILES string of the molecule is O=C(CCC/C=C\C/C=C\C/C=C\C/C=C\CCc1ccccc1)Nc1ccc(O)cc1. The minimum absolute atomic E-state index is 0.00168. The number of unbranched alkanes of at least 4 members (excludes halogenated alkanes) is 1. The lowest BCUT2D eigenvalue weighted by Gasteiger charge is -2.04. The van der Waals surface area contributed by atoms with E-state index in [1.807, 2.05) is 0 Å². The number of aromatic hydroxyl groups is 1. The van der Waals surface area contributed by atoms with Gasteiger partial charge in [0, 0.05) is 12.1 Å². The van der Waals surface area contributed by atoms with Gasteiger partial charge < -0.3 is 10.4 Å². The molecular formula is C29H35NO2. The maximum absolute atomic E-state index is 11.9. The van der Waals surface area contributed by atoms with Crippen LogP contribution in [0.15, 0.2) is 103 Å². The second kappa shape index (κ2) is 16.4. The summed E-state index contributed by atoms with van der Waals surface area (Å²) in [7, 11) is 0. The third-order valence-electron chi connectivity index (χ3n) is 4.85. The topological polar surface area (TPSA) is 49.3 Å². The fourth-order valence-electron chi connectivity index (χ4n) is 3.09. The van der Waals surface area contributed by atoms with E-state index in [1.165, 1.54) is 5.56 Å². The fourth-order valence-corrected chi connectivity index (χ4v) is 3.09. The molecule has 0 saturated carbocycles. The Bertz CT molecular complexity index is 877. The maximum Gasteiger partial charge on any atom is 0.224 e. The number of rotatable bonds is 14. The van der Waals surface area contributed by atoms with Gasteiger partial charge in [-0.05, 0) is 74.8 Å². The number of aryl methyl sites for hydroxylation is 1. The molecule has 2 aromatic rings. The average Bonchev–Trinajstić information content (AvgIpc) is 2.81. The lowest BCUT2D eigenvalue weighted by molar-refractivity contribution is -0.116. The molecule has 0 fully saturated rings. The van der Waals surface area contributed by atoms with Crippen LogP contribution in [-0.4, -0.2) is 11.0 Å².